The standard InChI is InChI=1S/C21H24Cl2O3/c1-13(2)26-21(25)14(3)11-19(16-5-4-6-18(23)12-16)20(24)15-7-9-17(22)10-8-15/h4-10,12-14,19-20,24H,11H2,1-3H3. The number of ether oxygens (including phenoxy) is 1. The van der Waals surface area contributed by atoms with E-state index in [1.54, 1.807) is 30.3 Å². The molecular formula is C21H24Cl2O3. The van der Waals surface area contributed by atoms with Gasteiger partial charge >= 0.3 is 5.97 Å². The summed E-state index contributed by atoms with van der Waals surface area (Å²) in [6, 6.07) is 14.4. The van der Waals surface area contributed by atoms with Crippen LogP contribution in [0.5, 0.6) is 0 Å². The maximum absolute atomic E-state index is 12.2. The Morgan fingerprint density at radius 3 is 2.23 bits per heavy atom. The summed E-state index contributed by atoms with van der Waals surface area (Å²) in [5.41, 5.74) is 1.62. The average molecular weight is 395 g/mol. The van der Waals surface area contributed by atoms with E-state index in [0.717, 1.165) is 11.1 Å². The Balaban J connectivity index is 2.29. The fraction of sp³-hybridized carbons (Fsp3) is 0.381. The second-order valence-corrected chi connectivity index (χ2v) is 7.65. The molecule has 3 unspecified atom stereocenters. The lowest BCUT2D eigenvalue weighted by atomic mass is 9.82. The summed E-state index contributed by atoms with van der Waals surface area (Å²) in [5.74, 6) is -0.928. The zero-order valence-electron chi connectivity index (χ0n) is 15.2. The first kappa shape index (κ1) is 20.8. The Labute approximate surface area is 164 Å². The van der Waals surface area contributed by atoms with Gasteiger partial charge in [-0.3, -0.25) is 4.79 Å². The van der Waals surface area contributed by atoms with Crippen molar-refractivity contribution >= 4 is 29.2 Å². The minimum Gasteiger partial charge on any atom is -0.463 e. The van der Waals surface area contributed by atoms with Gasteiger partial charge in [-0.15, -0.1) is 0 Å². The smallest absolute Gasteiger partial charge is 0.308 e. The van der Waals surface area contributed by atoms with Crippen LogP contribution in [-0.2, 0) is 9.53 Å². The van der Waals surface area contributed by atoms with Crippen LogP contribution in [0.1, 0.15) is 50.3 Å². The zero-order valence-corrected chi connectivity index (χ0v) is 16.7. The molecule has 0 fully saturated rings. The van der Waals surface area contributed by atoms with E-state index in [-0.39, 0.29) is 23.9 Å². The van der Waals surface area contributed by atoms with E-state index >= 15 is 0 Å². The van der Waals surface area contributed by atoms with Gasteiger partial charge in [0.2, 0.25) is 0 Å². The van der Waals surface area contributed by atoms with E-state index in [0.29, 0.717) is 16.5 Å². The van der Waals surface area contributed by atoms with E-state index in [9.17, 15) is 9.90 Å². The van der Waals surface area contributed by atoms with Crippen molar-refractivity contribution in [2.24, 2.45) is 5.92 Å². The number of carbonyl (C=O) groups excluding carboxylic acids is 1. The van der Waals surface area contributed by atoms with Crippen molar-refractivity contribution in [1.29, 1.82) is 0 Å². The molecule has 1 N–H and O–H groups in total. The SMILES string of the molecule is CC(C)OC(=O)C(C)CC(c1cccc(Cl)c1)C(O)c1ccc(Cl)cc1. The molecule has 0 saturated carbocycles. The van der Waals surface area contributed by atoms with Crippen LogP contribution in [0.2, 0.25) is 10.0 Å². The first-order valence-electron chi connectivity index (χ1n) is 8.67. The number of esters is 1. The van der Waals surface area contributed by atoms with E-state index in [2.05, 4.69) is 0 Å². The summed E-state index contributed by atoms with van der Waals surface area (Å²) < 4.78 is 5.31. The van der Waals surface area contributed by atoms with Crippen LogP contribution in [-0.4, -0.2) is 17.2 Å². The molecule has 3 atom stereocenters. The highest BCUT2D eigenvalue weighted by molar-refractivity contribution is 6.30. The van der Waals surface area contributed by atoms with Gasteiger partial charge in [0, 0.05) is 16.0 Å². The van der Waals surface area contributed by atoms with Gasteiger partial charge in [-0.1, -0.05) is 54.4 Å². The number of benzene rings is 2. The highest BCUT2D eigenvalue weighted by Gasteiger charge is 2.28. The highest BCUT2D eigenvalue weighted by atomic mass is 35.5. The molecule has 0 aliphatic carbocycles. The summed E-state index contributed by atoms with van der Waals surface area (Å²) in [6.45, 7) is 5.46. The molecule has 0 heterocycles. The van der Waals surface area contributed by atoms with Gasteiger partial charge in [0.1, 0.15) is 0 Å². The van der Waals surface area contributed by atoms with Crippen LogP contribution >= 0.6 is 23.2 Å². The molecule has 0 spiro atoms. The van der Waals surface area contributed by atoms with Gasteiger partial charge in [-0.2, -0.15) is 0 Å². The first-order chi connectivity index (χ1) is 12.3. The molecule has 0 amide bonds. The van der Waals surface area contributed by atoms with Crippen LogP contribution in [0.3, 0.4) is 0 Å². The fourth-order valence-electron chi connectivity index (χ4n) is 2.90. The summed E-state index contributed by atoms with van der Waals surface area (Å²) in [4.78, 5) is 12.2. The van der Waals surface area contributed by atoms with Gasteiger partial charge < -0.3 is 9.84 Å². The largest absolute Gasteiger partial charge is 0.463 e. The van der Waals surface area contributed by atoms with Gasteiger partial charge in [-0.25, -0.2) is 0 Å². The molecule has 26 heavy (non-hydrogen) atoms. The number of rotatable bonds is 7. The van der Waals surface area contributed by atoms with E-state index in [1.165, 1.54) is 0 Å². The third kappa shape index (κ3) is 5.73. The van der Waals surface area contributed by atoms with Crippen molar-refractivity contribution in [3.05, 3.63) is 69.7 Å². The molecule has 2 aromatic rings. The van der Waals surface area contributed by atoms with Gasteiger partial charge in [-0.05, 0) is 55.7 Å². The van der Waals surface area contributed by atoms with Crippen molar-refractivity contribution in [2.75, 3.05) is 0 Å². The number of carbonyl (C=O) groups is 1. The molecule has 2 rings (SSSR count). The van der Waals surface area contributed by atoms with Crippen LogP contribution in [0, 0.1) is 5.92 Å². The number of halogens is 2. The Hall–Kier alpha value is -1.55. The molecule has 0 aliphatic heterocycles. The van der Waals surface area contributed by atoms with E-state index in [1.807, 2.05) is 39.0 Å². The molecule has 140 valence electrons. The van der Waals surface area contributed by atoms with E-state index < -0.39 is 6.10 Å². The van der Waals surface area contributed by atoms with Crippen molar-refractivity contribution in [3.8, 4) is 0 Å². The van der Waals surface area contributed by atoms with Crippen molar-refractivity contribution in [2.45, 2.75) is 45.3 Å². The van der Waals surface area contributed by atoms with E-state index in [4.69, 9.17) is 27.9 Å². The zero-order chi connectivity index (χ0) is 19.3. The van der Waals surface area contributed by atoms with Crippen LogP contribution in [0.15, 0.2) is 48.5 Å². The van der Waals surface area contributed by atoms with Gasteiger partial charge in [0.25, 0.3) is 0 Å². The molecule has 3 nitrogen and oxygen atoms in total. The summed E-state index contributed by atoms with van der Waals surface area (Å²) in [6.07, 6.45) is -0.522. The number of aliphatic hydroxyl groups excluding tert-OH is 1. The van der Waals surface area contributed by atoms with Crippen molar-refractivity contribution in [3.63, 3.8) is 0 Å². The monoisotopic (exact) mass is 394 g/mol. The Morgan fingerprint density at radius 1 is 1.00 bits per heavy atom. The Kier molecular flexibility index (Phi) is 7.51. The number of hydrogen-bond acceptors (Lipinski definition) is 3. The minimum atomic E-state index is -0.792. The third-order valence-electron chi connectivity index (χ3n) is 4.23. The van der Waals surface area contributed by atoms with Crippen LogP contribution in [0.4, 0.5) is 0 Å². The molecule has 2 aromatic carbocycles. The van der Waals surface area contributed by atoms with Gasteiger partial charge in [0.05, 0.1) is 18.1 Å². The maximum Gasteiger partial charge on any atom is 0.308 e. The van der Waals surface area contributed by atoms with Crippen LogP contribution < -0.4 is 0 Å². The second kappa shape index (κ2) is 9.40. The van der Waals surface area contributed by atoms with Crippen molar-refractivity contribution < 1.29 is 14.6 Å². The Bertz CT molecular complexity index is 728. The predicted octanol–water partition coefficient (Wildman–Crippen LogP) is 5.79. The van der Waals surface area contributed by atoms with Crippen LogP contribution in [0.25, 0.3) is 0 Å². The molecule has 0 aromatic heterocycles. The number of aliphatic hydroxyl groups is 1. The second-order valence-electron chi connectivity index (χ2n) is 6.78. The average Bonchev–Trinajstić information content (AvgIpc) is 2.59. The first-order valence-corrected chi connectivity index (χ1v) is 9.43. The number of hydrogen-bond donors (Lipinski definition) is 1. The molecule has 0 aliphatic rings. The fourth-order valence-corrected chi connectivity index (χ4v) is 3.23. The quantitative estimate of drug-likeness (QED) is 0.604. The molecule has 0 saturated heterocycles. The topological polar surface area (TPSA) is 46.5 Å². The predicted molar refractivity (Wildman–Crippen MR) is 106 cm³/mol. The van der Waals surface area contributed by atoms with Crippen molar-refractivity contribution in [1.82, 2.24) is 0 Å². The molecule has 0 bridgehead atoms. The molecule has 5 heteroatoms. The maximum atomic E-state index is 12.2. The van der Waals surface area contributed by atoms with Gasteiger partial charge in [0.15, 0.2) is 0 Å². The minimum absolute atomic E-state index is 0.171. The summed E-state index contributed by atoms with van der Waals surface area (Å²) in [7, 11) is 0. The highest BCUT2D eigenvalue weighted by Crippen LogP contribution is 2.37. The summed E-state index contributed by atoms with van der Waals surface area (Å²) >= 11 is 12.1. The normalized spacial score (nSPS) is 14.7. The summed E-state index contributed by atoms with van der Waals surface area (Å²) in [5, 5.41) is 12.2. The lowest BCUT2D eigenvalue weighted by molar-refractivity contribution is -0.152. The molecular weight excluding hydrogens is 371 g/mol. The lowest BCUT2D eigenvalue weighted by Crippen LogP contribution is -2.23. The molecule has 0 radical (unpaired) electrons. The lowest BCUT2D eigenvalue weighted by Gasteiger charge is -2.26. The Morgan fingerprint density at radius 2 is 1.65 bits per heavy atom. The third-order valence-corrected chi connectivity index (χ3v) is 4.72.